The Morgan fingerprint density at radius 2 is 2.17 bits per heavy atom. The maximum absolute atomic E-state index is 12.0. The molecule has 0 amide bonds. The summed E-state index contributed by atoms with van der Waals surface area (Å²) in [6, 6.07) is 0. The number of fused-ring (bicyclic) bond motifs is 3. The van der Waals surface area contributed by atoms with Gasteiger partial charge in [0.05, 0.1) is 22.4 Å². The molecule has 3 rings (SSSR count). The molecule has 2 heterocycles. The fraction of sp³-hybridized carbons (Fsp3) is 0.500. The topological polar surface area (TPSA) is 42.1 Å². The number of aryl methyl sites for hydroxylation is 3. The third kappa shape index (κ3) is 1.67. The second-order valence-electron chi connectivity index (χ2n) is 4.75. The number of carbonyl (C=O) groups excluding carboxylic acids is 1. The van der Waals surface area contributed by atoms with Gasteiger partial charge in [-0.25, -0.2) is 4.79 Å². The lowest BCUT2D eigenvalue weighted by Gasteiger charge is -2.10. The monoisotopic (exact) mass is 263 g/mol. The molecule has 0 spiro atoms. The number of rotatable bonds is 2. The highest BCUT2D eigenvalue weighted by molar-refractivity contribution is 7.19. The van der Waals surface area contributed by atoms with Crippen molar-refractivity contribution in [3.8, 4) is 0 Å². The fourth-order valence-electron chi connectivity index (χ4n) is 2.77. The summed E-state index contributed by atoms with van der Waals surface area (Å²) in [4.78, 5) is 16.5. The summed E-state index contributed by atoms with van der Waals surface area (Å²) in [5, 5.41) is 0. The maximum atomic E-state index is 12.0. The zero-order chi connectivity index (χ0) is 12.7. The first-order chi connectivity index (χ1) is 8.72. The van der Waals surface area contributed by atoms with Crippen molar-refractivity contribution in [3.63, 3.8) is 0 Å². The van der Waals surface area contributed by atoms with Crippen molar-refractivity contribution in [1.29, 1.82) is 0 Å². The predicted molar refractivity (Wildman–Crippen MR) is 73.5 cm³/mol. The molecule has 0 atom stereocenters. The number of ether oxygens (including phenoxy) is 1. The van der Waals surface area contributed by atoms with Crippen molar-refractivity contribution in [2.24, 2.45) is 0 Å². The summed E-state index contributed by atoms with van der Waals surface area (Å²) in [7, 11) is 0. The van der Waals surface area contributed by atoms with Gasteiger partial charge in [-0.3, -0.25) is 0 Å². The van der Waals surface area contributed by atoms with Gasteiger partial charge < -0.3 is 9.72 Å². The largest absolute Gasteiger partial charge is 0.462 e. The van der Waals surface area contributed by atoms with Crippen LogP contribution in [0.4, 0.5) is 0 Å². The predicted octanol–water partition coefficient (Wildman–Crippen LogP) is 3.59. The Morgan fingerprint density at radius 1 is 1.39 bits per heavy atom. The second-order valence-corrected chi connectivity index (χ2v) is 5.97. The Balaban J connectivity index is 2.16. The van der Waals surface area contributed by atoms with Crippen LogP contribution in [0.5, 0.6) is 0 Å². The number of hydrogen-bond acceptors (Lipinski definition) is 3. The Kier molecular flexibility index (Phi) is 2.90. The van der Waals surface area contributed by atoms with Crippen molar-refractivity contribution in [3.05, 3.63) is 21.7 Å². The van der Waals surface area contributed by atoms with Gasteiger partial charge in [0.1, 0.15) is 0 Å². The fourth-order valence-corrected chi connectivity index (χ4v) is 3.97. The Hall–Kier alpha value is -1.29. The smallest absolute Gasteiger partial charge is 0.341 e. The van der Waals surface area contributed by atoms with E-state index in [9.17, 15) is 4.79 Å². The number of thiophene rings is 1. The summed E-state index contributed by atoms with van der Waals surface area (Å²) >= 11 is 1.72. The number of esters is 1. The van der Waals surface area contributed by atoms with Gasteiger partial charge in [0.2, 0.25) is 0 Å². The molecule has 0 unspecified atom stereocenters. The van der Waals surface area contributed by atoms with E-state index in [4.69, 9.17) is 4.74 Å². The normalized spacial score (nSPS) is 14.8. The zero-order valence-corrected chi connectivity index (χ0v) is 11.6. The zero-order valence-electron chi connectivity index (χ0n) is 10.8. The molecule has 1 aliphatic rings. The molecule has 0 aliphatic heterocycles. The minimum atomic E-state index is -0.195. The minimum Gasteiger partial charge on any atom is -0.462 e. The summed E-state index contributed by atoms with van der Waals surface area (Å²) in [6.45, 7) is 4.27. The van der Waals surface area contributed by atoms with Gasteiger partial charge in [0.15, 0.2) is 0 Å². The van der Waals surface area contributed by atoms with E-state index in [0.717, 1.165) is 28.8 Å². The average Bonchev–Trinajstić information content (AvgIpc) is 2.84. The van der Waals surface area contributed by atoms with E-state index in [2.05, 4.69) is 4.98 Å². The van der Waals surface area contributed by atoms with Crippen molar-refractivity contribution in [1.82, 2.24) is 4.98 Å². The van der Waals surface area contributed by atoms with Crippen LogP contribution in [-0.4, -0.2) is 17.6 Å². The molecule has 0 saturated carbocycles. The quantitative estimate of drug-likeness (QED) is 0.841. The third-order valence-corrected chi connectivity index (χ3v) is 4.75. The lowest BCUT2D eigenvalue weighted by Crippen LogP contribution is -2.05. The van der Waals surface area contributed by atoms with Gasteiger partial charge in [-0.05, 0) is 45.1 Å². The van der Waals surface area contributed by atoms with E-state index < -0.39 is 0 Å². The molecule has 0 bridgehead atoms. The lowest BCUT2D eigenvalue weighted by atomic mass is 9.98. The van der Waals surface area contributed by atoms with Gasteiger partial charge in [0.25, 0.3) is 0 Å². The van der Waals surface area contributed by atoms with Crippen molar-refractivity contribution >= 4 is 27.5 Å². The van der Waals surface area contributed by atoms with Crippen LogP contribution < -0.4 is 0 Å². The molecule has 0 fully saturated rings. The molecular formula is C14H17NO2S. The van der Waals surface area contributed by atoms with Crippen LogP contribution in [0.15, 0.2) is 0 Å². The number of carbonyl (C=O) groups is 1. The Bertz CT molecular complexity index is 609. The molecule has 96 valence electrons. The van der Waals surface area contributed by atoms with Crippen LogP contribution in [0.25, 0.3) is 10.2 Å². The standard InChI is InChI=1S/C14H17NO2S/c1-3-17-14(16)11-8(2)18-13-9-6-4-5-7-10(9)15-12(11)13/h15H,3-7H2,1-2H3. The summed E-state index contributed by atoms with van der Waals surface area (Å²) in [5.74, 6) is -0.195. The highest BCUT2D eigenvalue weighted by Crippen LogP contribution is 2.38. The molecular weight excluding hydrogens is 246 g/mol. The molecule has 3 nitrogen and oxygen atoms in total. The number of aromatic nitrogens is 1. The third-order valence-electron chi connectivity index (χ3n) is 3.58. The molecule has 1 N–H and O–H groups in total. The van der Waals surface area contributed by atoms with Gasteiger partial charge in [-0.2, -0.15) is 0 Å². The number of aromatic amines is 1. The summed E-state index contributed by atoms with van der Waals surface area (Å²) in [5.41, 5.74) is 4.50. The molecule has 0 aromatic carbocycles. The van der Waals surface area contributed by atoms with E-state index in [1.807, 2.05) is 13.8 Å². The van der Waals surface area contributed by atoms with Crippen LogP contribution in [0.1, 0.15) is 46.3 Å². The lowest BCUT2D eigenvalue weighted by molar-refractivity contribution is 0.0528. The minimum absolute atomic E-state index is 0.195. The first kappa shape index (κ1) is 11.8. The van der Waals surface area contributed by atoms with Crippen molar-refractivity contribution in [2.75, 3.05) is 6.61 Å². The van der Waals surface area contributed by atoms with Crippen LogP contribution in [0, 0.1) is 6.92 Å². The van der Waals surface area contributed by atoms with Crippen molar-refractivity contribution in [2.45, 2.75) is 39.5 Å². The van der Waals surface area contributed by atoms with Crippen LogP contribution >= 0.6 is 11.3 Å². The van der Waals surface area contributed by atoms with Gasteiger partial charge >= 0.3 is 5.97 Å². The van der Waals surface area contributed by atoms with Crippen LogP contribution in [0.2, 0.25) is 0 Å². The molecule has 0 radical (unpaired) electrons. The van der Waals surface area contributed by atoms with E-state index in [1.165, 1.54) is 28.8 Å². The first-order valence-electron chi connectivity index (χ1n) is 6.52. The number of H-pyrrole nitrogens is 1. The maximum Gasteiger partial charge on any atom is 0.341 e. The van der Waals surface area contributed by atoms with Gasteiger partial charge in [0, 0.05) is 10.6 Å². The molecule has 4 heteroatoms. The van der Waals surface area contributed by atoms with E-state index >= 15 is 0 Å². The summed E-state index contributed by atoms with van der Waals surface area (Å²) in [6.07, 6.45) is 4.75. The highest BCUT2D eigenvalue weighted by Gasteiger charge is 2.24. The summed E-state index contributed by atoms with van der Waals surface area (Å²) < 4.78 is 6.42. The molecule has 18 heavy (non-hydrogen) atoms. The first-order valence-corrected chi connectivity index (χ1v) is 7.34. The molecule has 0 saturated heterocycles. The Morgan fingerprint density at radius 3 is 2.94 bits per heavy atom. The molecule has 2 aromatic heterocycles. The molecule has 2 aromatic rings. The van der Waals surface area contributed by atoms with E-state index in [0.29, 0.717) is 6.61 Å². The van der Waals surface area contributed by atoms with Crippen LogP contribution in [-0.2, 0) is 17.6 Å². The number of hydrogen-bond donors (Lipinski definition) is 1. The highest BCUT2D eigenvalue weighted by atomic mass is 32.1. The second kappa shape index (κ2) is 4.43. The van der Waals surface area contributed by atoms with Crippen LogP contribution in [0.3, 0.4) is 0 Å². The molecule has 1 aliphatic carbocycles. The van der Waals surface area contributed by atoms with Gasteiger partial charge in [-0.1, -0.05) is 0 Å². The Labute approximate surface area is 110 Å². The van der Waals surface area contributed by atoms with Gasteiger partial charge in [-0.15, -0.1) is 11.3 Å². The van der Waals surface area contributed by atoms with E-state index in [-0.39, 0.29) is 5.97 Å². The average molecular weight is 263 g/mol. The number of nitrogens with one attached hydrogen (secondary N) is 1. The van der Waals surface area contributed by atoms with E-state index in [1.54, 1.807) is 11.3 Å². The SMILES string of the molecule is CCOC(=O)c1c(C)sc2c3c([nH]c12)CCCC3. The van der Waals surface area contributed by atoms with Crippen molar-refractivity contribution < 1.29 is 9.53 Å².